The summed E-state index contributed by atoms with van der Waals surface area (Å²) in [6.45, 7) is 6.09. The molecule has 0 spiro atoms. The summed E-state index contributed by atoms with van der Waals surface area (Å²) < 4.78 is 4.98. The van der Waals surface area contributed by atoms with Gasteiger partial charge in [-0.05, 0) is 38.2 Å². The Kier molecular flexibility index (Phi) is 7.74. The highest BCUT2D eigenvalue weighted by Gasteiger charge is 2.22. The van der Waals surface area contributed by atoms with Crippen molar-refractivity contribution in [2.75, 3.05) is 50.1 Å². The first-order valence-electron chi connectivity index (χ1n) is 8.80. The van der Waals surface area contributed by atoms with Gasteiger partial charge < -0.3 is 20.3 Å². The largest absolute Gasteiger partial charge is 0.385 e. The standard InChI is InChI=1S/C17H29N5O2/c1-3-18-17-20-9-5-15(21-17)22-10-6-14(7-11-22)13-16(23)19-8-4-12-24-2/h5,9,14H,3-4,6-8,10-13H2,1-2H3,(H,19,23)(H,18,20,21). The number of aromatic nitrogens is 2. The minimum Gasteiger partial charge on any atom is -0.385 e. The highest BCUT2D eigenvalue weighted by Crippen LogP contribution is 2.24. The molecule has 1 aliphatic rings. The van der Waals surface area contributed by atoms with Gasteiger partial charge in [-0.1, -0.05) is 0 Å². The number of ether oxygens (including phenoxy) is 1. The maximum Gasteiger partial charge on any atom is 0.224 e. The third kappa shape index (κ3) is 5.96. The Balaban J connectivity index is 1.73. The molecular weight excluding hydrogens is 306 g/mol. The summed E-state index contributed by atoms with van der Waals surface area (Å²) in [7, 11) is 1.68. The van der Waals surface area contributed by atoms with Crippen LogP contribution < -0.4 is 15.5 Å². The molecule has 1 saturated heterocycles. The average Bonchev–Trinajstić information content (AvgIpc) is 2.60. The lowest BCUT2D eigenvalue weighted by Gasteiger charge is -2.32. The summed E-state index contributed by atoms with van der Waals surface area (Å²) in [5.74, 6) is 2.25. The van der Waals surface area contributed by atoms with E-state index >= 15 is 0 Å². The van der Waals surface area contributed by atoms with Gasteiger partial charge in [0.25, 0.3) is 0 Å². The maximum absolute atomic E-state index is 11.9. The van der Waals surface area contributed by atoms with Gasteiger partial charge in [-0.3, -0.25) is 4.79 Å². The van der Waals surface area contributed by atoms with E-state index in [1.54, 1.807) is 13.3 Å². The van der Waals surface area contributed by atoms with Crippen molar-refractivity contribution in [3.05, 3.63) is 12.3 Å². The fraction of sp³-hybridized carbons (Fsp3) is 0.706. The molecule has 0 unspecified atom stereocenters. The van der Waals surface area contributed by atoms with Crippen molar-refractivity contribution in [2.24, 2.45) is 5.92 Å². The van der Waals surface area contributed by atoms with Crippen LogP contribution >= 0.6 is 0 Å². The van der Waals surface area contributed by atoms with Gasteiger partial charge >= 0.3 is 0 Å². The fourth-order valence-corrected chi connectivity index (χ4v) is 2.91. The molecule has 1 fully saturated rings. The fourth-order valence-electron chi connectivity index (χ4n) is 2.91. The van der Waals surface area contributed by atoms with Gasteiger partial charge in [0.15, 0.2) is 0 Å². The summed E-state index contributed by atoms with van der Waals surface area (Å²) in [5.41, 5.74) is 0. The number of carbonyl (C=O) groups is 1. The Morgan fingerprint density at radius 2 is 2.21 bits per heavy atom. The first-order chi connectivity index (χ1) is 11.7. The number of nitrogens with zero attached hydrogens (tertiary/aromatic N) is 3. The molecule has 0 saturated carbocycles. The predicted octanol–water partition coefficient (Wildman–Crippen LogP) is 1.67. The number of anilines is 2. The van der Waals surface area contributed by atoms with E-state index in [-0.39, 0.29) is 5.91 Å². The van der Waals surface area contributed by atoms with E-state index in [4.69, 9.17) is 4.74 Å². The Bertz CT molecular complexity index is 504. The SMILES string of the molecule is CCNc1nccc(N2CCC(CC(=O)NCCCOC)CC2)n1. The van der Waals surface area contributed by atoms with Crippen LogP contribution in [0.5, 0.6) is 0 Å². The smallest absolute Gasteiger partial charge is 0.224 e. The van der Waals surface area contributed by atoms with E-state index in [9.17, 15) is 4.79 Å². The Morgan fingerprint density at radius 1 is 1.42 bits per heavy atom. The zero-order chi connectivity index (χ0) is 17.2. The molecule has 2 heterocycles. The predicted molar refractivity (Wildman–Crippen MR) is 95.3 cm³/mol. The third-order valence-electron chi connectivity index (χ3n) is 4.24. The molecule has 2 rings (SSSR count). The number of methoxy groups -OCH3 is 1. The van der Waals surface area contributed by atoms with E-state index in [2.05, 4.69) is 25.5 Å². The van der Waals surface area contributed by atoms with E-state index in [1.807, 2.05) is 13.0 Å². The molecule has 0 atom stereocenters. The maximum atomic E-state index is 11.9. The van der Waals surface area contributed by atoms with Crippen molar-refractivity contribution in [3.63, 3.8) is 0 Å². The second kappa shape index (κ2) is 10.1. The van der Waals surface area contributed by atoms with Crippen LogP contribution in [0, 0.1) is 5.92 Å². The van der Waals surface area contributed by atoms with Gasteiger partial charge in [-0.15, -0.1) is 0 Å². The molecule has 7 nitrogen and oxygen atoms in total. The van der Waals surface area contributed by atoms with Gasteiger partial charge in [0.2, 0.25) is 11.9 Å². The molecule has 1 aromatic heterocycles. The summed E-state index contributed by atoms with van der Waals surface area (Å²) in [5, 5.41) is 6.11. The number of carbonyl (C=O) groups excluding carboxylic acids is 1. The summed E-state index contributed by atoms with van der Waals surface area (Å²) in [6.07, 6.45) is 5.31. The van der Waals surface area contributed by atoms with Crippen molar-refractivity contribution >= 4 is 17.7 Å². The van der Waals surface area contributed by atoms with Crippen LogP contribution in [0.2, 0.25) is 0 Å². The van der Waals surface area contributed by atoms with Gasteiger partial charge in [-0.2, -0.15) is 4.98 Å². The summed E-state index contributed by atoms with van der Waals surface area (Å²) in [4.78, 5) is 23.0. The molecule has 2 N–H and O–H groups in total. The van der Waals surface area contributed by atoms with Crippen LogP contribution in [0.1, 0.15) is 32.6 Å². The van der Waals surface area contributed by atoms with Crippen molar-refractivity contribution < 1.29 is 9.53 Å². The number of rotatable bonds is 9. The highest BCUT2D eigenvalue weighted by atomic mass is 16.5. The Morgan fingerprint density at radius 3 is 2.92 bits per heavy atom. The first kappa shape index (κ1) is 18.4. The summed E-state index contributed by atoms with van der Waals surface area (Å²) in [6, 6.07) is 1.95. The number of amides is 1. The molecule has 1 aromatic rings. The Hall–Kier alpha value is -1.89. The van der Waals surface area contributed by atoms with Crippen molar-refractivity contribution in [3.8, 4) is 0 Å². The zero-order valence-electron chi connectivity index (χ0n) is 14.8. The van der Waals surface area contributed by atoms with Gasteiger partial charge in [0.05, 0.1) is 0 Å². The molecule has 7 heteroatoms. The molecule has 0 aromatic carbocycles. The van der Waals surface area contributed by atoms with Crippen LogP contribution in [0.4, 0.5) is 11.8 Å². The lowest BCUT2D eigenvalue weighted by atomic mass is 9.93. The molecule has 0 bridgehead atoms. The number of hydrogen-bond donors (Lipinski definition) is 2. The van der Waals surface area contributed by atoms with Crippen LogP contribution in [0.25, 0.3) is 0 Å². The van der Waals surface area contributed by atoms with E-state index in [1.165, 1.54) is 0 Å². The third-order valence-corrected chi connectivity index (χ3v) is 4.24. The number of nitrogens with one attached hydrogen (secondary N) is 2. The second-order valence-electron chi connectivity index (χ2n) is 6.10. The molecule has 0 aliphatic carbocycles. The number of piperidine rings is 1. The highest BCUT2D eigenvalue weighted by molar-refractivity contribution is 5.76. The average molecular weight is 335 g/mol. The quantitative estimate of drug-likeness (QED) is 0.668. The van der Waals surface area contributed by atoms with E-state index < -0.39 is 0 Å². The minimum absolute atomic E-state index is 0.154. The van der Waals surface area contributed by atoms with Crippen molar-refractivity contribution in [1.82, 2.24) is 15.3 Å². The van der Waals surface area contributed by atoms with Gasteiger partial charge in [-0.25, -0.2) is 4.98 Å². The van der Waals surface area contributed by atoms with Gasteiger partial charge in [0.1, 0.15) is 5.82 Å². The monoisotopic (exact) mass is 335 g/mol. The second-order valence-corrected chi connectivity index (χ2v) is 6.10. The van der Waals surface area contributed by atoms with Crippen LogP contribution in [0.15, 0.2) is 12.3 Å². The topological polar surface area (TPSA) is 79.4 Å². The molecule has 1 aliphatic heterocycles. The minimum atomic E-state index is 0.154. The van der Waals surface area contributed by atoms with Crippen LogP contribution in [-0.4, -0.2) is 55.8 Å². The van der Waals surface area contributed by atoms with Crippen LogP contribution in [-0.2, 0) is 9.53 Å². The zero-order valence-corrected chi connectivity index (χ0v) is 14.8. The lowest BCUT2D eigenvalue weighted by molar-refractivity contribution is -0.122. The van der Waals surface area contributed by atoms with Crippen molar-refractivity contribution in [1.29, 1.82) is 0 Å². The lowest BCUT2D eigenvalue weighted by Crippen LogP contribution is -2.36. The molecule has 1 amide bonds. The number of hydrogen-bond acceptors (Lipinski definition) is 6. The molecular formula is C17H29N5O2. The van der Waals surface area contributed by atoms with E-state index in [0.717, 1.165) is 44.7 Å². The summed E-state index contributed by atoms with van der Waals surface area (Å²) >= 11 is 0. The van der Waals surface area contributed by atoms with Crippen LogP contribution in [0.3, 0.4) is 0 Å². The normalized spacial score (nSPS) is 15.3. The molecule has 24 heavy (non-hydrogen) atoms. The Labute approximate surface area is 144 Å². The van der Waals surface area contributed by atoms with E-state index in [0.29, 0.717) is 31.4 Å². The van der Waals surface area contributed by atoms with Gasteiger partial charge in [0, 0.05) is 52.5 Å². The molecule has 134 valence electrons. The first-order valence-corrected chi connectivity index (χ1v) is 8.80. The molecule has 0 radical (unpaired) electrons. The van der Waals surface area contributed by atoms with Crippen molar-refractivity contribution in [2.45, 2.75) is 32.6 Å².